The fourth-order valence-corrected chi connectivity index (χ4v) is 1.99. The van der Waals surface area contributed by atoms with Crippen LogP contribution in [0.4, 0.5) is 13.2 Å². The van der Waals surface area contributed by atoms with Crippen LogP contribution in [0.3, 0.4) is 0 Å². The molecule has 0 aliphatic carbocycles. The highest BCUT2D eigenvalue weighted by atomic mass is 35.5. The number of halogens is 5. The van der Waals surface area contributed by atoms with Crippen LogP contribution in [0.2, 0.25) is 10.0 Å². The van der Waals surface area contributed by atoms with E-state index < -0.39 is 17.3 Å². The van der Waals surface area contributed by atoms with Crippen LogP contribution in [0.1, 0.15) is 31.9 Å². The predicted molar refractivity (Wildman–Crippen MR) is 67.8 cm³/mol. The molecule has 6 heteroatoms. The summed E-state index contributed by atoms with van der Waals surface area (Å²) in [6.07, 6.45) is -4.48. The van der Waals surface area contributed by atoms with Gasteiger partial charge >= 0.3 is 6.18 Å². The third kappa shape index (κ3) is 2.92. The molecular formula is C12H14Cl2F3N. The summed E-state index contributed by atoms with van der Waals surface area (Å²) in [4.78, 5) is 0. The van der Waals surface area contributed by atoms with Crippen LogP contribution >= 0.6 is 23.2 Å². The molecule has 18 heavy (non-hydrogen) atoms. The Morgan fingerprint density at radius 2 is 1.67 bits per heavy atom. The van der Waals surface area contributed by atoms with Gasteiger partial charge in [0.2, 0.25) is 0 Å². The molecule has 1 nitrogen and oxygen atoms in total. The van der Waals surface area contributed by atoms with Gasteiger partial charge in [0.05, 0.1) is 15.6 Å². The number of hydrogen-bond acceptors (Lipinski definition) is 1. The molecule has 0 saturated carbocycles. The lowest BCUT2D eigenvalue weighted by molar-refractivity contribution is -0.137. The van der Waals surface area contributed by atoms with Crippen LogP contribution in [0, 0.1) is 5.92 Å². The predicted octanol–water partition coefficient (Wildman–Crippen LogP) is 4.84. The second kappa shape index (κ2) is 4.91. The maximum atomic E-state index is 12.7. The molecule has 0 aliphatic rings. The lowest BCUT2D eigenvalue weighted by atomic mass is 9.82. The van der Waals surface area contributed by atoms with Crippen LogP contribution in [0.5, 0.6) is 0 Å². The Morgan fingerprint density at radius 3 is 2.06 bits per heavy atom. The van der Waals surface area contributed by atoms with E-state index in [1.807, 2.05) is 13.8 Å². The topological polar surface area (TPSA) is 26.0 Å². The summed E-state index contributed by atoms with van der Waals surface area (Å²) in [6, 6.07) is 1.78. The molecule has 1 aromatic rings. The van der Waals surface area contributed by atoms with Gasteiger partial charge < -0.3 is 5.73 Å². The van der Waals surface area contributed by atoms with E-state index in [0.29, 0.717) is 0 Å². The van der Waals surface area contributed by atoms with Crippen LogP contribution in [0.25, 0.3) is 0 Å². The van der Waals surface area contributed by atoms with E-state index in [9.17, 15) is 13.2 Å². The summed E-state index contributed by atoms with van der Waals surface area (Å²) >= 11 is 11.7. The van der Waals surface area contributed by atoms with E-state index in [1.54, 1.807) is 6.92 Å². The molecule has 1 aromatic carbocycles. The SMILES string of the molecule is CC(C)C(C)(N)c1cc(C(F)(F)F)cc(Cl)c1Cl. The van der Waals surface area contributed by atoms with Crippen molar-refractivity contribution in [2.24, 2.45) is 11.7 Å². The minimum Gasteiger partial charge on any atom is -0.321 e. The van der Waals surface area contributed by atoms with Crippen molar-refractivity contribution in [1.82, 2.24) is 0 Å². The minimum atomic E-state index is -4.48. The molecule has 0 bridgehead atoms. The lowest BCUT2D eigenvalue weighted by Crippen LogP contribution is -2.39. The van der Waals surface area contributed by atoms with E-state index in [0.717, 1.165) is 12.1 Å². The van der Waals surface area contributed by atoms with E-state index in [-0.39, 0.29) is 21.5 Å². The fourth-order valence-electron chi connectivity index (χ4n) is 1.46. The highest BCUT2D eigenvalue weighted by molar-refractivity contribution is 6.42. The normalized spacial score (nSPS) is 15.9. The fraction of sp³-hybridized carbons (Fsp3) is 0.500. The molecule has 1 rings (SSSR count). The summed E-state index contributed by atoms with van der Waals surface area (Å²) in [5, 5.41) is -0.0674. The summed E-state index contributed by atoms with van der Waals surface area (Å²) in [6.45, 7) is 5.25. The molecule has 0 spiro atoms. The number of nitrogens with two attached hydrogens (primary N) is 1. The molecular weight excluding hydrogens is 286 g/mol. The van der Waals surface area contributed by atoms with Gasteiger partial charge in [-0.15, -0.1) is 0 Å². The Kier molecular flexibility index (Phi) is 4.26. The van der Waals surface area contributed by atoms with Crippen molar-refractivity contribution >= 4 is 23.2 Å². The Morgan fingerprint density at radius 1 is 1.17 bits per heavy atom. The van der Waals surface area contributed by atoms with Gasteiger partial charge in [0.25, 0.3) is 0 Å². The van der Waals surface area contributed by atoms with Crippen LogP contribution < -0.4 is 5.73 Å². The first-order chi connectivity index (χ1) is 7.98. The van der Waals surface area contributed by atoms with Crippen molar-refractivity contribution in [3.63, 3.8) is 0 Å². The van der Waals surface area contributed by atoms with E-state index in [2.05, 4.69) is 0 Å². The summed E-state index contributed by atoms with van der Waals surface area (Å²) in [5.41, 5.74) is 4.43. The van der Waals surface area contributed by atoms with Gasteiger partial charge in [0.15, 0.2) is 0 Å². The highest BCUT2D eigenvalue weighted by Crippen LogP contribution is 2.40. The van der Waals surface area contributed by atoms with Crippen molar-refractivity contribution < 1.29 is 13.2 Å². The molecule has 0 fully saturated rings. The van der Waals surface area contributed by atoms with E-state index in [4.69, 9.17) is 28.9 Å². The first-order valence-corrected chi connectivity index (χ1v) is 6.09. The van der Waals surface area contributed by atoms with Crippen LogP contribution in [0.15, 0.2) is 12.1 Å². The molecule has 1 atom stereocenters. The average Bonchev–Trinajstić information content (AvgIpc) is 2.19. The van der Waals surface area contributed by atoms with Crippen molar-refractivity contribution in [3.05, 3.63) is 33.3 Å². The number of hydrogen-bond donors (Lipinski definition) is 1. The Balaban J connectivity index is 3.50. The molecule has 0 amide bonds. The summed E-state index contributed by atoms with van der Waals surface area (Å²) < 4.78 is 38.2. The Hall–Kier alpha value is -0.450. The van der Waals surface area contributed by atoms with Gasteiger partial charge in [0.1, 0.15) is 0 Å². The van der Waals surface area contributed by atoms with Gasteiger partial charge in [-0.2, -0.15) is 13.2 Å². The first kappa shape index (κ1) is 15.6. The second-order valence-corrected chi connectivity index (χ2v) is 5.54. The van der Waals surface area contributed by atoms with Crippen LogP contribution in [-0.2, 0) is 11.7 Å². The molecule has 102 valence electrons. The third-order valence-corrected chi connectivity index (χ3v) is 3.94. The second-order valence-electron chi connectivity index (χ2n) is 4.75. The van der Waals surface area contributed by atoms with Crippen molar-refractivity contribution in [1.29, 1.82) is 0 Å². The zero-order valence-corrected chi connectivity index (χ0v) is 11.7. The van der Waals surface area contributed by atoms with Crippen LogP contribution in [-0.4, -0.2) is 0 Å². The highest BCUT2D eigenvalue weighted by Gasteiger charge is 2.35. The maximum absolute atomic E-state index is 12.7. The number of benzene rings is 1. The maximum Gasteiger partial charge on any atom is 0.416 e. The molecule has 0 radical (unpaired) electrons. The van der Waals surface area contributed by atoms with Gasteiger partial charge in [-0.1, -0.05) is 37.0 Å². The average molecular weight is 300 g/mol. The van der Waals surface area contributed by atoms with Gasteiger partial charge in [0, 0.05) is 5.54 Å². The van der Waals surface area contributed by atoms with Crippen molar-refractivity contribution in [3.8, 4) is 0 Å². The molecule has 0 heterocycles. The molecule has 2 N–H and O–H groups in total. The largest absolute Gasteiger partial charge is 0.416 e. The van der Waals surface area contributed by atoms with E-state index in [1.165, 1.54) is 0 Å². The summed E-state index contributed by atoms with van der Waals surface area (Å²) in [5.74, 6) is -0.0884. The van der Waals surface area contributed by atoms with Gasteiger partial charge in [-0.25, -0.2) is 0 Å². The smallest absolute Gasteiger partial charge is 0.321 e. The van der Waals surface area contributed by atoms with Gasteiger partial charge in [-0.3, -0.25) is 0 Å². The Bertz CT molecular complexity index is 453. The minimum absolute atomic E-state index is 0.0726. The monoisotopic (exact) mass is 299 g/mol. The standard InChI is InChI=1S/C12H14Cl2F3N/c1-6(2)11(3,18)8-4-7(12(15,16)17)5-9(13)10(8)14/h4-6H,18H2,1-3H3. The lowest BCUT2D eigenvalue weighted by Gasteiger charge is -2.31. The number of alkyl halides is 3. The zero-order chi connectivity index (χ0) is 14.3. The molecule has 0 aliphatic heterocycles. The zero-order valence-electron chi connectivity index (χ0n) is 10.2. The van der Waals surface area contributed by atoms with Gasteiger partial charge in [-0.05, 0) is 30.5 Å². The first-order valence-electron chi connectivity index (χ1n) is 5.33. The van der Waals surface area contributed by atoms with E-state index >= 15 is 0 Å². The Labute approximate surface area is 114 Å². The summed E-state index contributed by atoms with van der Waals surface area (Å²) in [7, 11) is 0. The van der Waals surface area contributed by atoms with Crippen molar-refractivity contribution in [2.75, 3.05) is 0 Å². The quantitative estimate of drug-likeness (QED) is 0.830. The van der Waals surface area contributed by atoms with Crippen molar-refractivity contribution in [2.45, 2.75) is 32.5 Å². The third-order valence-electron chi connectivity index (χ3n) is 3.14. The molecule has 0 aromatic heterocycles. The number of rotatable bonds is 2. The molecule has 1 unspecified atom stereocenters. The molecule has 0 saturated heterocycles.